The Morgan fingerprint density at radius 3 is 2.77 bits per heavy atom. The second-order valence-corrected chi connectivity index (χ2v) is 8.16. The quantitative estimate of drug-likeness (QED) is 0.790. The monoisotopic (exact) mass is 409 g/mol. The van der Waals surface area contributed by atoms with Gasteiger partial charge in [0.15, 0.2) is 0 Å². The first-order valence-electron chi connectivity index (χ1n) is 10.8. The summed E-state index contributed by atoms with van der Waals surface area (Å²) in [7, 11) is 1.64. The molecule has 0 atom stereocenters. The smallest absolute Gasteiger partial charge is 0.252 e. The molecule has 0 unspecified atom stereocenters. The van der Waals surface area contributed by atoms with Gasteiger partial charge >= 0.3 is 0 Å². The van der Waals surface area contributed by atoms with Crippen molar-refractivity contribution in [3.8, 4) is 0 Å². The Hall–Kier alpha value is -2.67. The van der Waals surface area contributed by atoms with Gasteiger partial charge in [0.1, 0.15) is 5.60 Å². The van der Waals surface area contributed by atoms with Crippen LogP contribution >= 0.6 is 0 Å². The maximum atomic E-state index is 13.0. The molecule has 0 aliphatic carbocycles. The number of amides is 1. The van der Waals surface area contributed by atoms with Crippen LogP contribution in [0.25, 0.3) is 0 Å². The summed E-state index contributed by atoms with van der Waals surface area (Å²) in [6.07, 6.45) is 5.32. The molecule has 4 rings (SSSR count). The number of hydrogen-bond donors (Lipinski definition) is 1. The molecule has 7 heteroatoms. The minimum absolute atomic E-state index is 0.0138. The molecule has 0 radical (unpaired) electrons. The lowest BCUT2D eigenvalue weighted by Crippen LogP contribution is -2.56. The Bertz CT molecular complexity index is 879. The van der Waals surface area contributed by atoms with Crippen LogP contribution in [0.2, 0.25) is 0 Å². The highest BCUT2D eigenvalue weighted by Gasteiger charge is 2.42. The first kappa shape index (κ1) is 20.6. The summed E-state index contributed by atoms with van der Waals surface area (Å²) in [6, 6.07) is 10.4. The number of aromatic nitrogens is 2. The second kappa shape index (κ2) is 9.00. The van der Waals surface area contributed by atoms with Crippen LogP contribution < -0.4 is 15.1 Å². The number of para-hydroxylation sites is 1. The van der Waals surface area contributed by atoms with Crippen molar-refractivity contribution in [2.45, 2.75) is 38.2 Å². The SMILES string of the molecule is COC1(C(=O)NCCN2CCCc3ccccc32)CCN(c2nccc(C)n2)CC1. The third-order valence-electron chi connectivity index (χ3n) is 6.31. The number of benzene rings is 1. The van der Waals surface area contributed by atoms with Crippen molar-refractivity contribution < 1.29 is 9.53 Å². The van der Waals surface area contributed by atoms with Crippen molar-refractivity contribution in [1.82, 2.24) is 15.3 Å². The molecule has 0 spiro atoms. The number of carbonyl (C=O) groups is 1. The minimum atomic E-state index is -0.778. The maximum Gasteiger partial charge on any atom is 0.252 e. The minimum Gasteiger partial charge on any atom is -0.370 e. The van der Waals surface area contributed by atoms with Gasteiger partial charge in [-0.05, 0) is 37.5 Å². The Balaban J connectivity index is 1.32. The van der Waals surface area contributed by atoms with E-state index in [4.69, 9.17) is 4.74 Å². The summed E-state index contributed by atoms with van der Waals surface area (Å²) in [5.74, 6) is 0.712. The first-order chi connectivity index (χ1) is 14.6. The van der Waals surface area contributed by atoms with Crippen LogP contribution in [0.3, 0.4) is 0 Å². The van der Waals surface area contributed by atoms with Crippen molar-refractivity contribution in [3.05, 3.63) is 47.8 Å². The largest absolute Gasteiger partial charge is 0.370 e. The number of aryl methyl sites for hydroxylation is 2. The van der Waals surface area contributed by atoms with Gasteiger partial charge in [0.25, 0.3) is 5.91 Å². The lowest BCUT2D eigenvalue weighted by Gasteiger charge is -2.39. The molecule has 2 aliphatic heterocycles. The molecule has 2 aliphatic rings. The van der Waals surface area contributed by atoms with Gasteiger partial charge in [-0.25, -0.2) is 9.97 Å². The lowest BCUT2D eigenvalue weighted by atomic mass is 9.90. The highest BCUT2D eigenvalue weighted by atomic mass is 16.5. The predicted octanol–water partition coefficient (Wildman–Crippen LogP) is 2.34. The molecule has 1 amide bonds. The van der Waals surface area contributed by atoms with Crippen LogP contribution in [0.1, 0.15) is 30.5 Å². The van der Waals surface area contributed by atoms with Crippen molar-refractivity contribution in [3.63, 3.8) is 0 Å². The Kier molecular flexibility index (Phi) is 6.18. The highest BCUT2D eigenvalue weighted by Crippen LogP contribution is 2.28. The average molecular weight is 410 g/mol. The van der Waals surface area contributed by atoms with Gasteiger partial charge in [0.2, 0.25) is 5.95 Å². The molecule has 1 N–H and O–H groups in total. The van der Waals surface area contributed by atoms with Crippen LogP contribution in [0.5, 0.6) is 0 Å². The van der Waals surface area contributed by atoms with Crippen LogP contribution in [-0.4, -0.2) is 61.3 Å². The number of hydrogen-bond acceptors (Lipinski definition) is 6. The van der Waals surface area contributed by atoms with Gasteiger partial charge in [-0.1, -0.05) is 18.2 Å². The number of carbonyl (C=O) groups excluding carboxylic acids is 1. The molecular formula is C23H31N5O2. The summed E-state index contributed by atoms with van der Waals surface area (Å²) < 4.78 is 5.75. The summed E-state index contributed by atoms with van der Waals surface area (Å²) in [6.45, 7) is 5.82. The van der Waals surface area contributed by atoms with Crippen molar-refractivity contribution in [2.75, 3.05) is 49.6 Å². The lowest BCUT2D eigenvalue weighted by molar-refractivity contribution is -0.146. The normalized spacial score (nSPS) is 18.1. The number of piperidine rings is 1. The molecule has 1 aromatic carbocycles. The van der Waals surface area contributed by atoms with E-state index < -0.39 is 5.60 Å². The third-order valence-corrected chi connectivity index (χ3v) is 6.31. The Morgan fingerprint density at radius 1 is 1.20 bits per heavy atom. The molecule has 160 valence electrons. The number of anilines is 2. The Labute approximate surface area is 178 Å². The van der Waals surface area contributed by atoms with E-state index >= 15 is 0 Å². The molecule has 0 saturated carbocycles. The third kappa shape index (κ3) is 4.26. The highest BCUT2D eigenvalue weighted by molar-refractivity contribution is 5.85. The summed E-state index contributed by atoms with van der Waals surface area (Å²) in [4.78, 5) is 26.4. The van der Waals surface area contributed by atoms with Crippen molar-refractivity contribution in [2.24, 2.45) is 0 Å². The molecular weight excluding hydrogens is 378 g/mol. The molecule has 2 aromatic rings. The molecule has 1 fully saturated rings. The number of rotatable bonds is 6. The van der Waals surface area contributed by atoms with Crippen LogP contribution in [-0.2, 0) is 16.0 Å². The molecule has 30 heavy (non-hydrogen) atoms. The van der Waals surface area contributed by atoms with E-state index in [-0.39, 0.29) is 5.91 Å². The summed E-state index contributed by atoms with van der Waals surface area (Å²) in [5.41, 5.74) is 2.86. The Morgan fingerprint density at radius 2 is 2.00 bits per heavy atom. The number of nitrogens with one attached hydrogen (secondary N) is 1. The zero-order valence-corrected chi connectivity index (χ0v) is 17.9. The fraction of sp³-hybridized carbons (Fsp3) is 0.522. The van der Waals surface area contributed by atoms with Crippen molar-refractivity contribution >= 4 is 17.5 Å². The first-order valence-corrected chi connectivity index (χ1v) is 10.8. The van der Waals surface area contributed by atoms with E-state index in [1.165, 1.54) is 11.3 Å². The van der Waals surface area contributed by atoms with E-state index in [9.17, 15) is 4.79 Å². The fourth-order valence-corrected chi connectivity index (χ4v) is 4.49. The fourth-order valence-electron chi connectivity index (χ4n) is 4.49. The van der Waals surface area contributed by atoms with Crippen LogP contribution in [0, 0.1) is 6.92 Å². The van der Waals surface area contributed by atoms with Gasteiger partial charge in [-0.2, -0.15) is 0 Å². The molecule has 7 nitrogen and oxygen atoms in total. The molecule has 1 saturated heterocycles. The standard InChI is InChI=1S/C23H31N5O2/c1-18-9-12-25-22(26-18)28-15-10-23(30-2,11-16-28)21(29)24-13-17-27-14-5-7-19-6-3-4-8-20(19)27/h3-4,6,8-9,12H,5,7,10-11,13-17H2,1-2H3,(H,24,29). The predicted molar refractivity (Wildman–Crippen MR) is 118 cm³/mol. The average Bonchev–Trinajstić information content (AvgIpc) is 2.79. The van der Waals surface area contributed by atoms with Gasteiger partial charge in [-0.15, -0.1) is 0 Å². The van der Waals surface area contributed by atoms with Gasteiger partial charge in [-0.3, -0.25) is 4.79 Å². The number of fused-ring (bicyclic) bond motifs is 1. The summed E-state index contributed by atoms with van der Waals surface area (Å²) >= 11 is 0. The van der Waals surface area contributed by atoms with Crippen molar-refractivity contribution in [1.29, 1.82) is 0 Å². The summed E-state index contributed by atoms with van der Waals surface area (Å²) in [5, 5.41) is 3.13. The van der Waals surface area contributed by atoms with E-state index in [2.05, 4.69) is 49.4 Å². The number of ether oxygens (including phenoxy) is 1. The molecule has 0 bridgehead atoms. The molecule has 1 aromatic heterocycles. The van der Waals surface area contributed by atoms with Crippen LogP contribution in [0.4, 0.5) is 11.6 Å². The number of nitrogens with zero attached hydrogens (tertiary/aromatic N) is 4. The topological polar surface area (TPSA) is 70.6 Å². The number of methoxy groups -OCH3 is 1. The van der Waals surface area contributed by atoms with Gasteiger partial charge in [0.05, 0.1) is 0 Å². The van der Waals surface area contributed by atoms with Crippen LogP contribution in [0.15, 0.2) is 36.5 Å². The van der Waals surface area contributed by atoms with Gasteiger partial charge in [0, 0.05) is 70.3 Å². The van der Waals surface area contributed by atoms with E-state index in [0.717, 1.165) is 37.6 Å². The van der Waals surface area contributed by atoms with E-state index in [0.29, 0.717) is 32.5 Å². The zero-order valence-electron chi connectivity index (χ0n) is 17.9. The molecule has 3 heterocycles. The van der Waals surface area contributed by atoms with E-state index in [1.807, 2.05) is 13.0 Å². The van der Waals surface area contributed by atoms with Gasteiger partial charge < -0.3 is 19.9 Å². The zero-order chi connectivity index (χ0) is 21.0. The maximum absolute atomic E-state index is 13.0. The van der Waals surface area contributed by atoms with E-state index in [1.54, 1.807) is 13.3 Å². The second-order valence-electron chi connectivity index (χ2n) is 8.16.